The third kappa shape index (κ3) is 5.22. The normalized spacial score (nSPS) is 12.9. The van der Waals surface area contributed by atoms with Crippen LogP contribution < -0.4 is 10.1 Å². The van der Waals surface area contributed by atoms with Gasteiger partial charge in [-0.1, -0.05) is 12.1 Å². The van der Waals surface area contributed by atoms with Gasteiger partial charge >= 0.3 is 0 Å². The number of benzene rings is 3. The molecule has 0 unspecified atom stereocenters. The summed E-state index contributed by atoms with van der Waals surface area (Å²) in [6.45, 7) is 5.39. The first-order valence-electron chi connectivity index (χ1n) is 11.7. The summed E-state index contributed by atoms with van der Waals surface area (Å²) in [5.74, 6) is -0.456. The van der Waals surface area contributed by atoms with Gasteiger partial charge in [0.15, 0.2) is 5.01 Å². The maximum atomic E-state index is 14.5. The molecule has 5 aromatic rings. The lowest BCUT2D eigenvalue weighted by Gasteiger charge is -2.26. The van der Waals surface area contributed by atoms with Crippen molar-refractivity contribution in [2.45, 2.75) is 32.9 Å². The van der Waals surface area contributed by atoms with Crippen molar-refractivity contribution in [1.82, 2.24) is 20.1 Å². The highest BCUT2D eigenvalue weighted by molar-refractivity contribution is 7.13. The molecule has 0 aliphatic carbocycles. The number of nitrogens with zero attached hydrogens (tertiary/aromatic N) is 3. The van der Waals surface area contributed by atoms with Crippen LogP contribution in [-0.4, -0.2) is 26.7 Å². The Morgan fingerprint density at radius 1 is 1.03 bits per heavy atom. The number of nitrogens with one attached hydrogen (secondary N) is 1. The van der Waals surface area contributed by atoms with Crippen LogP contribution in [0.5, 0.6) is 5.75 Å². The average molecular weight is 519 g/mol. The van der Waals surface area contributed by atoms with Crippen LogP contribution >= 0.6 is 11.3 Å². The highest BCUT2D eigenvalue weighted by atomic mass is 32.1. The Bertz CT molecular complexity index is 1580. The largest absolute Gasteiger partial charge is 0.484 e. The third-order valence-corrected chi connectivity index (χ3v) is 6.94. The van der Waals surface area contributed by atoms with Crippen LogP contribution in [0.25, 0.3) is 16.6 Å². The van der Waals surface area contributed by atoms with Crippen molar-refractivity contribution >= 4 is 28.1 Å². The summed E-state index contributed by atoms with van der Waals surface area (Å²) in [6.07, 6.45) is 2.67. The molecule has 5 rings (SSSR count). The summed E-state index contributed by atoms with van der Waals surface area (Å²) in [5.41, 5.74) is 2.66. The molecular formula is C28H24F2N4O2S. The molecule has 0 saturated heterocycles. The fourth-order valence-electron chi connectivity index (χ4n) is 4.07. The predicted molar refractivity (Wildman–Crippen MR) is 139 cm³/mol. The minimum Gasteiger partial charge on any atom is -0.484 e. The first kappa shape index (κ1) is 24.6. The number of amides is 1. The molecule has 2 heterocycles. The van der Waals surface area contributed by atoms with Crippen molar-refractivity contribution in [3.63, 3.8) is 0 Å². The molecule has 0 aliphatic heterocycles. The van der Waals surface area contributed by atoms with Gasteiger partial charge in [-0.3, -0.25) is 4.79 Å². The fourth-order valence-corrected chi connectivity index (χ4v) is 4.74. The molecule has 9 heteroatoms. The first-order valence-corrected chi connectivity index (χ1v) is 12.5. The second kappa shape index (κ2) is 10.1. The maximum Gasteiger partial charge on any atom is 0.280 e. The highest BCUT2D eigenvalue weighted by Gasteiger charge is 2.25. The Kier molecular flexibility index (Phi) is 6.71. The zero-order valence-corrected chi connectivity index (χ0v) is 21.2. The summed E-state index contributed by atoms with van der Waals surface area (Å²) in [4.78, 5) is 17.9. The summed E-state index contributed by atoms with van der Waals surface area (Å²) in [5, 5.41) is 8.54. The number of fused-ring (bicyclic) bond motifs is 1. The number of carbonyl (C=O) groups excluding carboxylic acids is 1. The number of hydrogen-bond donors (Lipinski definition) is 1. The van der Waals surface area contributed by atoms with Crippen LogP contribution in [0.4, 0.5) is 8.78 Å². The van der Waals surface area contributed by atoms with E-state index in [9.17, 15) is 13.6 Å². The van der Waals surface area contributed by atoms with E-state index in [-0.39, 0.29) is 17.5 Å². The molecule has 0 radical (unpaired) electrons. The topological polar surface area (TPSA) is 69.0 Å². The van der Waals surface area contributed by atoms with Crippen molar-refractivity contribution in [2.75, 3.05) is 0 Å². The second-order valence-corrected chi connectivity index (χ2v) is 10.1. The fraction of sp³-hybridized carbons (Fsp3) is 0.179. The molecule has 0 fully saturated rings. The third-order valence-electron chi connectivity index (χ3n) is 6.03. The summed E-state index contributed by atoms with van der Waals surface area (Å²) >= 11 is 1.30. The van der Waals surface area contributed by atoms with Gasteiger partial charge in [-0.2, -0.15) is 5.10 Å². The van der Waals surface area contributed by atoms with Crippen molar-refractivity contribution in [1.29, 1.82) is 0 Å². The molecule has 0 aliphatic rings. The SMILES string of the molecule is Cc1cnc(C(=O)N[C@@H](C)[C@H](Oc2ccc3c(cnn3-c3ccc(F)cc3)c2)c2ccc(C)c(F)c2)s1. The first-order chi connectivity index (χ1) is 17.8. The molecule has 0 spiro atoms. The Morgan fingerprint density at radius 2 is 1.81 bits per heavy atom. The van der Waals surface area contributed by atoms with Crippen molar-refractivity contribution in [2.24, 2.45) is 0 Å². The molecule has 1 N–H and O–H groups in total. The molecule has 6 nitrogen and oxygen atoms in total. The lowest BCUT2D eigenvalue weighted by Crippen LogP contribution is -2.39. The van der Waals surface area contributed by atoms with Gasteiger partial charge in [0.1, 0.15) is 23.5 Å². The number of ether oxygens (including phenoxy) is 1. The summed E-state index contributed by atoms with van der Waals surface area (Å²) < 4.78 is 35.9. The van der Waals surface area contributed by atoms with E-state index in [1.807, 2.05) is 26.0 Å². The quantitative estimate of drug-likeness (QED) is 0.274. The standard InChI is InChI=1S/C28H24F2N4O2S/c1-16-4-5-19(13-24(16)30)26(18(3)33-27(35)28-31-14-17(2)37-28)36-23-10-11-25-20(12-23)15-32-34(25)22-8-6-21(29)7-9-22/h4-15,18,26H,1-3H3,(H,33,35)/t18-,26-/m0/s1. The summed E-state index contributed by atoms with van der Waals surface area (Å²) in [6, 6.07) is 16.0. The van der Waals surface area contributed by atoms with Crippen LogP contribution in [0.3, 0.4) is 0 Å². The van der Waals surface area contributed by atoms with E-state index < -0.39 is 12.1 Å². The molecule has 1 amide bonds. The van der Waals surface area contributed by atoms with Crippen molar-refractivity contribution in [3.05, 3.63) is 106 Å². The molecule has 0 bridgehead atoms. The van der Waals surface area contributed by atoms with Crippen LogP contribution in [0.2, 0.25) is 0 Å². The van der Waals surface area contributed by atoms with Gasteiger partial charge in [0.2, 0.25) is 0 Å². The lowest BCUT2D eigenvalue weighted by atomic mass is 10.0. The molecular weight excluding hydrogens is 494 g/mol. The maximum absolute atomic E-state index is 14.5. The van der Waals surface area contributed by atoms with E-state index in [0.29, 0.717) is 21.9 Å². The van der Waals surface area contributed by atoms with Crippen molar-refractivity contribution < 1.29 is 18.3 Å². The van der Waals surface area contributed by atoms with E-state index in [1.165, 1.54) is 29.5 Å². The number of rotatable bonds is 7. The number of hydrogen-bond acceptors (Lipinski definition) is 5. The number of thiazole rings is 1. The minimum absolute atomic E-state index is 0.317. The van der Waals surface area contributed by atoms with E-state index in [4.69, 9.17) is 4.74 Å². The van der Waals surface area contributed by atoms with Gasteiger partial charge in [0.05, 0.1) is 23.4 Å². The Labute approximate surface area is 216 Å². The van der Waals surface area contributed by atoms with Gasteiger partial charge in [-0.15, -0.1) is 11.3 Å². The average Bonchev–Trinajstić information content (AvgIpc) is 3.51. The molecule has 37 heavy (non-hydrogen) atoms. The van der Waals surface area contributed by atoms with Crippen LogP contribution in [0.15, 0.2) is 73.1 Å². The highest BCUT2D eigenvalue weighted by Crippen LogP contribution is 2.30. The van der Waals surface area contributed by atoms with Gasteiger partial charge in [0.25, 0.3) is 5.91 Å². The van der Waals surface area contributed by atoms with E-state index in [1.54, 1.807) is 54.3 Å². The smallest absolute Gasteiger partial charge is 0.280 e. The second-order valence-electron chi connectivity index (χ2n) is 8.84. The Hall–Kier alpha value is -4.11. The zero-order valence-electron chi connectivity index (χ0n) is 20.4. The molecule has 3 aromatic carbocycles. The number of carbonyl (C=O) groups is 1. The van der Waals surface area contributed by atoms with E-state index >= 15 is 0 Å². The lowest BCUT2D eigenvalue weighted by molar-refractivity contribution is 0.0881. The number of aryl methyl sites for hydroxylation is 2. The molecule has 2 atom stereocenters. The van der Waals surface area contributed by atoms with E-state index in [2.05, 4.69) is 15.4 Å². The van der Waals surface area contributed by atoms with Gasteiger partial charge < -0.3 is 10.1 Å². The Morgan fingerprint density at radius 3 is 2.51 bits per heavy atom. The minimum atomic E-state index is -0.676. The summed E-state index contributed by atoms with van der Waals surface area (Å²) in [7, 11) is 0. The zero-order chi connectivity index (χ0) is 26.1. The number of halogens is 2. The molecule has 188 valence electrons. The van der Waals surface area contributed by atoms with E-state index in [0.717, 1.165) is 21.5 Å². The van der Waals surface area contributed by atoms with Crippen LogP contribution in [0.1, 0.15) is 38.8 Å². The van der Waals surface area contributed by atoms with Gasteiger partial charge in [-0.25, -0.2) is 18.4 Å². The van der Waals surface area contributed by atoms with Gasteiger partial charge in [-0.05, 0) is 80.4 Å². The van der Waals surface area contributed by atoms with Gasteiger partial charge in [0, 0.05) is 16.5 Å². The van der Waals surface area contributed by atoms with Crippen LogP contribution in [-0.2, 0) is 0 Å². The predicted octanol–water partition coefficient (Wildman–Crippen LogP) is 6.32. The van der Waals surface area contributed by atoms with Crippen molar-refractivity contribution in [3.8, 4) is 11.4 Å². The Balaban J connectivity index is 1.44. The number of aromatic nitrogens is 3. The monoisotopic (exact) mass is 518 g/mol. The molecule has 0 saturated carbocycles. The van der Waals surface area contributed by atoms with Crippen LogP contribution in [0, 0.1) is 25.5 Å². The molecule has 2 aromatic heterocycles.